The molecule has 0 spiro atoms. The van der Waals surface area contributed by atoms with Gasteiger partial charge in [0.2, 0.25) is 5.88 Å². The average molecular weight is 407 g/mol. The highest BCUT2D eigenvalue weighted by atomic mass is 32.1. The van der Waals surface area contributed by atoms with E-state index in [0.29, 0.717) is 22.4 Å². The Labute approximate surface area is 169 Å². The highest BCUT2D eigenvalue weighted by molar-refractivity contribution is 7.14. The van der Waals surface area contributed by atoms with E-state index in [1.165, 1.54) is 43.0 Å². The second-order valence-electron chi connectivity index (χ2n) is 5.79. The van der Waals surface area contributed by atoms with Crippen molar-refractivity contribution in [2.75, 3.05) is 12.4 Å². The number of hydrogen-bond acceptors (Lipinski definition) is 7. The van der Waals surface area contributed by atoms with Crippen LogP contribution in [0, 0.1) is 5.82 Å². The third kappa shape index (κ3) is 3.94. The summed E-state index contributed by atoms with van der Waals surface area (Å²) in [5.74, 6) is -0.544. The highest BCUT2D eigenvalue weighted by Crippen LogP contribution is 2.27. The van der Waals surface area contributed by atoms with Gasteiger partial charge in [-0.15, -0.1) is 11.3 Å². The van der Waals surface area contributed by atoms with Crippen LogP contribution in [0.15, 0.2) is 60.2 Å². The summed E-state index contributed by atoms with van der Waals surface area (Å²) in [6.45, 7) is 0. The molecule has 0 bridgehead atoms. The van der Waals surface area contributed by atoms with Crippen LogP contribution in [0.2, 0.25) is 0 Å². The van der Waals surface area contributed by atoms with Crippen molar-refractivity contribution >= 4 is 22.4 Å². The molecular formula is C20H14FN5O2S. The lowest BCUT2D eigenvalue weighted by Gasteiger charge is -2.08. The third-order valence-electron chi connectivity index (χ3n) is 3.95. The molecule has 4 rings (SSSR count). The molecule has 29 heavy (non-hydrogen) atoms. The summed E-state index contributed by atoms with van der Waals surface area (Å²) in [6, 6.07) is 11.3. The second-order valence-corrected chi connectivity index (χ2v) is 6.65. The molecule has 0 radical (unpaired) electrons. The fraction of sp³-hybridized carbons (Fsp3) is 0.0500. The number of aromatic nitrogens is 4. The number of thiazole rings is 1. The zero-order valence-electron chi connectivity index (χ0n) is 15.2. The summed E-state index contributed by atoms with van der Waals surface area (Å²) in [4.78, 5) is 29.7. The van der Waals surface area contributed by atoms with Crippen molar-refractivity contribution in [3.63, 3.8) is 0 Å². The molecule has 4 aromatic heterocycles. The zero-order chi connectivity index (χ0) is 20.2. The quantitative estimate of drug-likeness (QED) is 0.537. The van der Waals surface area contributed by atoms with Gasteiger partial charge in [0.05, 0.1) is 18.4 Å². The van der Waals surface area contributed by atoms with Crippen molar-refractivity contribution in [1.82, 2.24) is 19.9 Å². The summed E-state index contributed by atoms with van der Waals surface area (Å²) >= 11 is 1.25. The number of amides is 1. The van der Waals surface area contributed by atoms with Gasteiger partial charge in [0.25, 0.3) is 5.91 Å². The summed E-state index contributed by atoms with van der Waals surface area (Å²) < 4.78 is 19.3. The van der Waals surface area contributed by atoms with Crippen LogP contribution in [-0.2, 0) is 0 Å². The number of anilines is 1. The number of ether oxygens (including phenoxy) is 1. The van der Waals surface area contributed by atoms with E-state index >= 15 is 0 Å². The topological polar surface area (TPSA) is 89.9 Å². The number of carbonyl (C=O) groups is 1. The Morgan fingerprint density at radius 3 is 2.59 bits per heavy atom. The van der Waals surface area contributed by atoms with Gasteiger partial charge in [0.1, 0.15) is 17.1 Å². The summed E-state index contributed by atoms with van der Waals surface area (Å²) in [5, 5.41) is 4.88. The first kappa shape index (κ1) is 18.6. The molecule has 0 aliphatic rings. The van der Waals surface area contributed by atoms with Crippen LogP contribution in [0.25, 0.3) is 22.8 Å². The van der Waals surface area contributed by atoms with Gasteiger partial charge >= 0.3 is 0 Å². The number of nitrogens with one attached hydrogen (secondary N) is 1. The van der Waals surface area contributed by atoms with Crippen LogP contribution in [0.5, 0.6) is 5.88 Å². The number of pyridine rings is 3. The maximum absolute atomic E-state index is 14.1. The first-order valence-corrected chi connectivity index (χ1v) is 9.38. The molecule has 0 aliphatic heterocycles. The second kappa shape index (κ2) is 8.11. The molecule has 4 heterocycles. The third-order valence-corrected chi connectivity index (χ3v) is 4.71. The maximum atomic E-state index is 14.1. The number of rotatable bonds is 5. The maximum Gasteiger partial charge on any atom is 0.259 e. The molecule has 0 saturated carbocycles. The number of nitrogens with zero attached hydrogens (tertiary/aromatic N) is 4. The van der Waals surface area contributed by atoms with Gasteiger partial charge in [-0.25, -0.2) is 14.4 Å². The van der Waals surface area contributed by atoms with Crippen molar-refractivity contribution in [3.8, 4) is 28.7 Å². The minimum atomic E-state index is -0.555. The van der Waals surface area contributed by atoms with E-state index in [-0.39, 0.29) is 17.0 Å². The Kier molecular flexibility index (Phi) is 5.21. The molecule has 4 aromatic rings. The van der Waals surface area contributed by atoms with Crippen molar-refractivity contribution in [1.29, 1.82) is 0 Å². The van der Waals surface area contributed by atoms with E-state index in [0.717, 1.165) is 0 Å². The Morgan fingerprint density at radius 1 is 1.00 bits per heavy atom. The Balaban J connectivity index is 1.60. The number of hydrogen-bond donors (Lipinski definition) is 1. The smallest absolute Gasteiger partial charge is 0.259 e. The van der Waals surface area contributed by atoms with Gasteiger partial charge < -0.3 is 4.74 Å². The minimum absolute atomic E-state index is 0.0126. The fourth-order valence-electron chi connectivity index (χ4n) is 2.62. The standard InChI is InChI=1S/C20H14FN5O2S/c1-28-16-8-2-7-14(24-16)15-11-29-20(25-15)26-19(27)12-5-3-9-22-17(12)18-13(21)6-4-10-23-18/h2-11H,1H3,(H,25,26,27). The lowest BCUT2D eigenvalue weighted by molar-refractivity contribution is 0.102. The first-order chi connectivity index (χ1) is 14.2. The Hall–Kier alpha value is -3.72. The number of halogens is 1. The SMILES string of the molecule is COc1cccc(-c2csc(NC(=O)c3cccnc3-c3ncccc3F)n2)n1. The fourth-order valence-corrected chi connectivity index (χ4v) is 3.32. The first-order valence-electron chi connectivity index (χ1n) is 8.50. The van der Waals surface area contributed by atoms with E-state index in [9.17, 15) is 9.18 Å². The van der Waals surface area contributed by atoms with Crippen molar-refractivity contribution in [3.05, 3.63) is 71.6 Å². The number of carbonyl (C=O) groups excluding carboxylic acids is 1. The average Bonchev–Trinajstić information content (AvgIpc) is 3.22. The van der Waals surface area contributed by atoms with E-state index in [1.54, 1.807) is 29.6 Å². The molecule has 7 nitrogen and oxygen atoms in total. The van der Waals surface area contributed by atoms with Crippen LogP contribution in [-0.4, -0.2) is 33.0 Å². The van der Waals surface area contributed by atoms with E-state index in [1.807, 2.05) is 6.07 Å². The molecule has 0 saturated heterocycles. The molecule has 1 N–H and O–H groups in total. The molecule has 0 aromatic carbocycles. The van der Waals surface area contributed by atoms with Gasteiger partial charge in [-0.05, 0) is 30.3 Å². The predicted molar refractivity (Wildman–Crippen MR) is 107 cm³/mol. The minimum Gasteiger partial charge on any atom is -0.481 e. The van der Waals surface area contributed by atoms with Crippen LogP contribution in [0.1, 0.15) is 10.4 Å². The predicted octanol–water partition coefficient (Wildman–Crippen LogP) is 4.06. The molecular weight excluding hydrogens is 393 g/mol. The molecule has 0 atom stereocenters. The zero-order valence-corrected chi connectivity index (χ0v) is 16.0. The van der Waals surface area contributed by atoms with Crippen LogP contribution in [0.4, 0.5) is 9.52 Å². The van der Waals surface area contributed by atoms with E-state index in [4.69, 9.17) is 4.74 Å². The Morgan fingerprint density at radius 2 is 1.79 bits per heavy atom. The Bertz CT molecular complexity index is 1180. The van der Waals surface area contributed by atoms with Gasteiger partial charge in [-0.3, -0.25) is 20.1 Å². The van der Waals surface area contributed by atoms with Crippen molar-refractivity contribution in [2.24, 2.45) is 0 Å². The van der Waals surface area contributed by atoms with Crippen molar-refractivity contribution < 1.29 is 13.9 Å². The molecule has 0 fully saturated rings. The summed E-state index contributed by atoms with van der Waals surface area (Å²) in [7, 11) is 1.54. The number of methoxy groups -OCH3 is 1. The molecule has 144 valence electrons. The van der Waals surface area contributed by atoms with Gasteiger partial charge in [-0.2, -0.15) is 0 Å². The molecule has 9 heteroatoms. The monoisotopic (exact) mass is 407 g/mol. The van der Waals surface area contributed by atoms with E-state index < -0.39 is 11.7 Å². The van der Waals surface area contributed by atoms with Gasteiger partial charge in [0.15, 0.2) is 10.9 Å². The normalized spacial score (nSPS) is 10.6. The summed E-state index contributed by atoms with van der Waals surface area (Å²) in [5.41, 5.74) is 1.60. The van der Waals surface area contributed by atoms with E-state index in [2.05, 4.69) is 25.3 Å². The lowest BCUT2D eigenvalue weighted by atomic mass is 10.1. The highest BCUT2D eigenvalue weighted by Gasteiger charge is 2.19. The largest absolute Gasteiger partial charge is 0.481 e. The van der Waals surface area contributed by atoms with Crippen LogP contribution >= 0.6 is 11.3 Å². The summed E-state index contributed by atoms with van der Waals surface area (Å²) in [6.07, 6.45) is 2.93. The van der Waals surface area contributed by atoms with Gasteiger partial charge in [-0.1, -0.05) is 6.07 Å². The van der Waals surface area contributed by atoms with Crippen molar-refractivity contribution in [2.45, 2.75) is 0 Å². The molecule has 1 amide bonds. The lowest BCUT2D eigenvalue weighted by Crippen LogP contribution is -2.14. The van der Waals surface area contributed by atoms with Crippen LogP contribution in [0.3, 0.4) is 0 Å². The molecule has 0 unspecified atom stereocenters. The molecule has 0 aliphatic carbocycles. The van der Waals surface area contributed by atoms with Gasteiger partial charge in [0, 0.05) is 23.8 Å². The van der Waals surface area contributed by atoms with Crippen LogP contribution < -0.4 is 10.1 Å².